The maximum Gasteiger partial charge on any atom is 0.176 e. The highest BCUT2D eigenvalue weighted by Crippen LogP contribution is 2.47. The van der Waals surface area contributed by atoms with E-state index < -0.39 is 0 Å². The summed E-state index contributed by atoms with van der Waals surface area (Å²) in [6.07, 6.45) is 2.11. The lowest BCUT2D eigenvalue weighted by Crippen LogP contribution is -2.18. The van der Waals surface area contributed by atoms with Crippen LogP contribution in [0, 0.1) is 6.92 Å². The Morgan fingerprint density at radius 3 is 2.75 bits per heavy atom. The van der Waals surface area contributed by atoms with Gasteiger partial charge < -0.3 is 14.9 Å². The van der Waals surface area contributed by atoms with Gasteiger partial charge in [-0.2, -0.15) is 0 Å². The molecule has 84 valence electrons. The molecule has 0 aliphatic heterocycles. The van der Waals surface area contributed by atoms with Gasteiger partial charge in [-0.25, -0.2) is 0 Å². The van der Waals surface area contributed by atoms with Crippen molar-refractivity contribution in [1.82, 2.24) is 0 Å². The van der Waals surface area contributed by atoms with Crippen molar-refractivity contribution in [3.63, 3.8) is 0 Å². The standard InChI is InChI=1S/C13H15NO2/c1-8-7-9-10(13(14)5-6-13)3-4-11(15-2)12(9)16-8/h3-4,7H,5-6,14H2,1-2H3. The van der Waals surface area contributed by atoms with Gasteiger partial charge in [0, 0.05) is 10.9 Å². The zero-order valence-electron chi connectivity index (χ0n) is 9.54. The molecule has 1 aliphatic carbocycles. The normalized spacial score (nSPS) is 17.7. The predicted molar refractivity (Wildman–Crippen MR) is 62.6 cm³/mol. The third kappa shape index (κ3) is 1.25. The molecular weight excluding hydrogens is 202 g/mol. The third-order valence-corrected chi connectivity index (χ3v) is 3.32. The molecule has 16 heavy (non-hydrogen) atoms. The van der Waals surface area contributed by atoms with Crippen LogP contribution in [0.4, 0.5) is 0 Å². The molecule has 1 aromatic heterocycles. The molecule has 2 N–H and O–H groups in total. The first-order valence-corrected chi connectivity index (χ1v) is 5.50. The van der Waals surface area contributed by atoms with Gasteiger partial charge in [-0.1, -0.05) is 6.07 Å². The van der Waals surface area contributed by atoms with Gasteiger partial charge in [0.25, 0.3) is 0 Å². The number of furan rings is 1. The number of hydrogen-bond acceptors (Lipinski definition) is 3. The number of aryl methyl sites for hydroxylation is 1. The molecule has 1 aliphatic rings. The Hall–Kier alpha value is -1.48. The number of methoxy groups -OCH3 is 1. The smallest absolute Gasteiger partial charge is 0.176 e. The second-order valence-corrected chi connectivity index (χ2v) is 4.57. The number of fused-ring (bicyclic) bond motifs is 1. The van der Waals surface area contributed by atoms with E-state index >= 15 is 0 Å². The van der Waals surface area contributed by atoms with Crippen molar-refractivity contribution in [3.8, 4) is 5.75 Å². The molecule has 0 spiro atoms. The van der Waals surface area contributed by atoms with Crippen LogP contribution in [-0.2, 0) is 5.54 Å². The summed E-state index contributed by atoms with van der Waals surface area (Å²) in [4.78, 5) is 0. The van der Waals surface area contributed by atoms with Crippen molar-refractivity contribution in [2.45, 2.75) is 25.3 Å². The summed E-state index contributed by atoms with van der Waals surface area (Å²) >= 11 is 0. The van der Waals surface area contributed by atoms with E-state index in [0.717, 1.165) is 35.3 Å². The fourth-order valence-electron chi connectivity index (χ4n) is 2.22. The van der Waals surface area contributed by atoms with E-state index in [2.05, 4.69) is 6.07 Å². The Balaban J connectivity index is 2.31. The lowest BCUT2D eigenvalue weighted by Gasteiger charge is -2.11. The van der Waals surface area contributed by atoms with E-state index in [-0.39, 0.29) is 5.54 Å². The summed E-state index contributed by atoms with van der Waals surface area (Å²) in [7, 11) is 1.65. The number of benzene rings is 1. The number of hydrogen-bond donors (Lipinski definition) is 1. The van der Waals surface area contributed by atoms with Crippen molar-refractivity contribution in [2.24, 2.45) is 5.73 Å². The van der Waals surface area contributed by atoms with Gasteiger partial charge in [-0.15, -0.1) is 0 Å². The largest absolute Gasteiger partial charge is 0.493 e. The zero-order valence-corrected chi connectivity index (χ0v) is 9.54. The molecule has 0 unspecified atom stereocenters. The minimum atomic E-state index is -0.138. The van der Waals surface area contributed by atoms with Gasteiger partial charge in [0.1, 0.15) is 5.76 Å². The monoisotopic (exact) mass is 217 g/mol. The molecule has 3 nitrogen and oxygen atoms in total. The molecule has 2 aromatic rings. The second-order valence-electron chi connectivity index (χ2n) is 4.57. The first-order chi connectivity index (χ1) is 7.64. The molecule has 1 saturated carbocycles. The topological polar surface area (TPSA) is 48.4 Å². The van der Waals surface area contributed by atoms with Crippen LogP contribution in [-0.4, -0.2) is 7.11 Å². The van der Waals surface area contributed by atoms with Gasteiger partial charge in [0.05, 0.1) is 7.11 Å². The Labute approximate surface area is 94.2 Å². The molecule has 1 aromatic carbocycles. The summed E-state index contributed by atoms with van der Waals surface area (Å²) < 4.78 is 11.0. The minimum absolute atomic E-state index is 0.138. The summed E-state index contributed by atoms with van der Waals surface area (Å²) in [5.74, 6) is 1.67. The minimum Gasteiger partial charge on any atom is -0.493 e. The number of ether oxygens (including phenoxy) is 1. The maximum absolute atomic E-state index is 6.25. The third-order valence-electron chi connectivity index (χ3n) is 3.32. The number of rotatable bonds is 2. The summed E-state index contributed by atoms with van der Waals surface area (Å²) in [5, 5.41) is 1.09. The van der Waals surface area contributed by atoms with Crippen LogP contribution in [0.15, 0.2) is 22.6 Å². The highest BCUT2D eigenvalue weighted by Gasteiger charge is 2.41. The van der Waals surface area contributed by atoms with E-state index in [1.807, 2.05) is 19.1 Å². The molecule has 3 heteroatoms. The lowest BCUT2D eigenvalue weighted by atomic mass is 10.0. The average Bonchev–Trinajstić information content (AvgIpc) is 2.88. The van der Waals surface area contributed by atoms with E-state index in [4.69, 9.17) is 14.9 Å². The van der Waals surface area contributed by atoms with E-state index in [1.165, 1.54) is 5.56 Å². The highest BCUT2D eigenvalue weighted by atomic mass is 16.5. The molecule has 0 atom stereocenters. The molecular formula is C13H15NO2. The van der Waals surface area contributed by atoms with Crippen LogP contribution < -0.4 is 10.5 Å². The summed E-state index contributed by atoms with van der Waals surface area (Å²) in [6, 6.07) is 6.04. The highest BCUT2D eigenvalue weighted by molar-refractivity contribution is 5.88. The van der Waals surface area contributed by atoms with E-state index in [0.29, 0.717) is 0 Å². The van der Waals surface area contributed by atoms with Gasteiger partial charge in [0.15, 0.2) is 11.3 Å². The molecule has 0 saturated heterocycles. The summed E-state index contributed by atoms with van der Waals surface area (Å²) in [5.41, 5.74) is 8.11. The van der Waals surface area contributed by atoms with Crippen molar-refractivity contribution < 1.29 is 9.15 Å². The van der Waals surface area contributed by atoms with E-state index in [1.54, 1.807) is 7.11 Å². The molecule has 3 rings (SSSR count). The SMILES string of the molecule is COc1ccc(C2(N)CC2)c2cc(C)oc12. The van der Waals surface area contributed by atoms with Crippen molar-refractivity contribution in [1.29, 1.82) is 0 Å². The molecule has 1 fully saturated rings. The first-order valence-electron chi connectivity index (χ1n) is 5.50. The fourth-order valence-corrected chi connectivity index (χ4v) is 2.22. The average molecular weight is 217 g/mol. The Morgan fingerprint density at radius 1 is 1.38 bits per heavy atom. The van der Waals surface area contributed by atoms with E-state index in [9.17, 15) is 0 Å². The number of nitrogens with two attached hydrogens (primary N) is 1. The second kappa shape index (κ2) is 3.01. The van der Waals surface area contributed by atoms with Crippen molar-refractivity contribution >= 4 is 11.0 Å². The molecule has 1 heterocycles. The maximum atomic E-state index is 6.25. The van der Waals surface area contributed by atoms with Crippen molar-refractivity contribution in [2.75, 3.05) is 7.11 Å². The molecule has 0 radical (unpaired) electrons. The first kappa shape index (κ1) is 9.73. The van der Waals surface area contributed by atoms with Crippen LogP contribution in [0.25, 0.3) is 11.0 Å². The van der Waals surface area contributed by atoms with Gasteiger partial charge >= 0.3 is 0 Å². The van der Waals surface area contributed by atoms with Crippen LogP contribution in [0.1, 0.15) is 24.2 Å². The Kier molecular flexibility index (Phi) is 1.83. The zero-order chi connectivity index (χ0) is 11.3. The summed E-state index contributed by atoms with van der Waals surface area (Å²) in [6.45, 7) is 1.94. The van der Waals surface area contributed by atoms with Crippen LogP contribution >= 0.6 is 0 Å². The Morgan fingerprint density at radius 2 is 2.12 bits per heavy atom. The van der Waals surface area contributed by atoms with Crippen molar-refractivity contribution in [3.05, 3.63) is 29.5 Å². The molecule has 0 amide bonds. The molecule has 0 bridgehead atoms. The van der Waals surface area contributed by atoms with Gasteiger partial charge in [0.2, 0.25) is 0 Å². The predicted octanol–water partition coefficient (Wildman–Crippen LogP) is 2.70. The van der Waals surface area contributed by atoms with Gasteiger partial charge in [-0.3, -0.25) is 0 Å². The van der Waals surface area contributed by atoms with Gasteiger partial charge in [-0.05, 0) is 37.5 Å². The fraction of sp³-hybridized carbons (Fsp3) is 0.385. The van der Waals surface area contributed by atoms with Crippen LogP contribution in [0.5, 0.6) is 5.75 Å². The Bertz CT molecular complexity index is 552. The quantitative estimate of drug-likeness (QED) is 0.841. The van der Waals surface area contributed by atoms with Crippen LogP contribution in [0.2, 0.25) is 0 Å². The van der Waals surface area contributed by atoms with Crippen LogP contribution in [0.3, 0.4) is 0 Å². The lowest BCUT2D eigenvalue weighted by molar-refractivity contribution is 0.408.